The number of phosphoric acid groups is 1. The van der Waals surface area contributed by atoms with Gasteiger partial charge in [0.05, 0.1) is 0 Å². The summed E-state index contributed by atoms with van der Waals surface area (Å²) >= 11 is 0. The van der Waals surface area contributed by atoms with Crippen LogP contribution in [-0.2, 0) is 4.57 Å². The summed E-state index contributed by atoms with van der Waals surface area (Å²) in [7, 11) is -4.64. The Morgan fingerprint density at radius 2 is 1.11 bits per heavy atom. The maximum Gasteiger partial charge on any atom is 1.00 e. The van der Waals surface area contributed by atoms with Crippen LogP contribution < -0.4 is 35.7 Å². The van der Waals surface area contributed by atoms with Crippen molar-refractivity contribution >= 4 is 32.6 Å². The van der Waals surface area contributed by atoms with Gasteiger partial charge in [0.15, 0.2) is 0 Å². The third kappa shape index (κ3) is 207. The molecule has 0 radical (unpaired) electrons. The Balaban J connectivity index is -0.00000000800. The predicted octanol–water partition coefficient (Wildman–Crippen LogP) is -2.81. The normalized spacial score (nSPS) is 6.56. The molecule has 0 aromatic heterocycles. The van der Waals surface area contributed by atoms with Crippen molar-refractivity contribution < 1.29 is 50.2 Å². The first kappa shape index (κ1) is 31.1. The number of hydrogen-bond acceptors (Lipinski definition) is 2. The van der Waals surface area contributed by atoms with E-state index in [4.69, 9.17) is 19.2 Å². The molecular formula is H9Cl2NNaO4P. The molecule has 0 saturated heterocycles. The van der Waals surface area contributed by atoms with Crippen molar-refractivity contribution in [3.63, 3.8) is 0 Å². The SMILES string of the molecule is Cl.Cl.N.O=P(O)(O)O.[H-].[Na+]. The minimum atomic E-state index is -4.64. The van der Waals surface area contributed by atoms with E-state index in [1.54, 1.807) is 0 Å². The van der Waals surface area contributed by atoms with Crippen molar-refractivity contribution in [2.75, 3.05) is 0 Å². The topological polar surface area (TPSA) is 113 Å². The molecule has 0 spiro atoms. The summed E-state index contributed by atoms with van der Waals surface area (Å²) in [6, 6.07) is 0. The third-order valence-corrected chi connectivity index (χ3v) is 0. The van der Waals surface area contributed by atoms with Crippen molar-refractivity contribution in [3.05, 3.63) is 0 Å². The molecule has 0 aromatic rings. The zero-order valence-corrected chi connectivity index (χ0v) is 9.25. The van der Waals surface area contributed by atoms with Crippen LogP contribution in [0, 0.1) is 0 Å². The van der Waals surface area contributed by atoms with E-state index in [-0.39, 0.29) is 61.9 Å². The Morgan fingerprint density at radius 1 is 1.11 bits per heavy atom. The van der Waals surface area contributed by atoms with Gasteiger partial charge in [-0.05, 0) is 0 Å². The summed E-state index contributed by atoms with van der Waals surface area (Å²) < 4.78 is 8.88. The summed E-state index contributed by atoms with van der Waals surface area (Å²) in [4.78, 5) is 21.6. The van der Waals surface area contributed by atoms with Gasteiger partial charge in [0.2, 0.25) is 0 Å². The summed E-state index contributed by atoms with van der Waals surface area (Å²) in [6.45, 7) is 0. The van der Waals surface area contributed by atoms with Gasteiger partial charge in [-0.1, -0.05) is 0 Å². The first-order chi connectivity index (χ1) is 2.00. The Kier molecular flexibility index (Phi) is 42.6. The van der Waals surface area contributed by atoms with Gasteiger partial charge in [0.25, 0.3) is 0 Å². The molecule has 9 heteroatoms. The van der Waals surface area contributed by atoms with Gasteiger partial charge in [0, 0.05) is 0 Å². The van der Waals surface area contributed by atoms with Crippen LogP contribution in [0.15, 0.2) is 0 Å². The fourth-order valence-electron chi connectivity index (χ4n) is 0. The van der Waals surface area contributed by atoms with E-state index in [9.17, 15) is 0 Å². The van der Waals surface area contributed by atoms with Gasteiger partial charge in [-0.25, -0.2) is 4.57 Å². The molecule has 6 N–H and O–H groups in total. The van der Waals surface area contributed by atoms with Crippen LogP contribution in [0.1, 0.15) is 1.43 Å². The van der Waals surface area contributed by atoms with Crippen LogP contribution >= 0.6 is 32.6 Å². The minimum absolute atomic E-state index is 0. The molecule has 0 aliphatic rings. The summed E-state index contributed by atoms with van der Waals surface area (Å²) in [5.74, 6) is 0. The molecule has 0 bridgehead atoms. The van der Waals surface area contributed by atoms with Gasteiger partial charge in [-0.3, -0.25) is 0 Å². The van der Waals surface area contributed by atoms with Gasteiger partial charge in [0.1, 0.15) is 0 Å². The van der Waals surface area contributed by atoms with Gasteiger partial charge < -0.3 is 22.3 Å². The summed E-state index contributed by atoms with van der Waals surface area (Å²) in [5.41, 5.74) is 0. The quantitative estimate of drug-likeness (QED) is 0.256. The van der Waals surface area contributed by atoms with E-state index < -0.39 is 7.82 Å². The molecule has 5 nitrogen and oxygen atoms in total. The van der Waals surface area contributed by atoms with E-state index in [0.717, 1.165) is 0 Å². The molecule has 0 heterocycles. The fourth-order valence-corrected chi connectivity index (χ4v) is 0. The van der Waals surface area contributed by atoms with E-state index in [1.807, 2.05) is 0 Å². The van der Waals surface area contributed by atoms with Crippen LogP contribution in [-0.4, -0.2) is 14.7 Å². The van der Waals surface area contributed by atoms with Crippen LogP contribution in [0.5, 0.6) is 0 Å². The smallest absolute Gasteiger partial charge is 1.00 e. The largest absolute Gasteiger partial charge is 1.00 e. The minimum Gasteiger partial charge on any atom is -1.00 e. The molecule has 0 unspecified atom stereocenters. The zero-order chi connectivity index (χ0) is 4.50. The molecule has 0 atom stereocenters. The van der Waals surface area contributed by atoms with Gasteiger partial charge >= 0.3 is 37.4 Å². The average molecular weight is 212 g/mol. The monoisotopic (exact) mass is 211 g/mol. The molecule has 0 rings (SSSR count). The standard InChI is InChI=1S/2ClH.H3N.Na.H3O4P.H/c;;;;1-5(2,3)4;/h2*1H;1H3;;(H3,1,2,3,4);/q;;;+1;;-1. The number of hydrogen-bond donors (Lipinski definition) is 4. The molecule has 0 aliphatic heterocycles. The van der Waals surface area contributed by atoms with E-state index >= 15 is 0 Å². The van der Waals surface area contributed by atoms with Crippen LogP contribution in [0.2, 0.25) is 0 Å². The van der Waals surface area contributed by atoms with Crippen molar-refractivity contribution in [2.24, 2.45) is 0 Å². The van der Waals surface area contributed by atoms with Crippen molar-refractivity contribution in [3.8, 4) is 0 Å². The molecule has 0 fully saturated rings. The van der Waals surface area contributed by atoms with Crippen molar-refractivity contribution in [1.82, 2.24) is 6.15 Å². The molecule has 58 valence electrons. The van der Waals surface area contributed by atoms with E-state index in [2.05, 4.69) is 0 Å². The molecule has 0 aliphatic carbocycles. The molecule has 0 saturated carbocycles. The van der Waals surface area contributed by atoms with Crippen LogP contribution in [0.25, 0.3) is 0 Å². The third-order valence-electron chi connectivity index (χ3n) is 0. The van der Waals surface area contributed by atoms with Gasteiger partial charge in [-0.15, -0.1) is 24.8 Å². The first-order valence-corrected chi connectivity index (χ1v) is 2.35. The summed E-state index contributed by atoms with van der Waals surface area (Å²) in [6.07, 6.45) is 0. The van der Waals surface area contributed by atoms with Crippen LogP contribution in [0.4, 0.5) is 0 Å². The molecule has 9 heavy (non-hydrogen) atoms. The predicted molar refractivity (Wildman–Crippen MR) is 34.9 cm³/mol. The van der Waals surface area contributed by atoms with E-state index in [0.29, 0.717) is 0 Å². The Bertz CT molecular complexity index is 69.4. The number of rotatable bonds is 0. The van der Waals surface area contributed by atoms with Crippen molar-refractivity contribution in [1.29, 1.82) is 0 Å². The first-order valence-electron chi connectivity index (χ1n) is 0.783. The molecule has 0 amide bonds. The maximum absolute atomic E-state index is 8.88. The Hall–Kier alpha value is 1.65. The molecule has 0 aromatic carbocycles. The second-order valence-electron chi connectivity index (χ2n) is 0.513. The van der Waals surface area contributed by atoms with Crippen LogP contribution in [0.3, 0.4) is 0 Å². The summed E-state index contributed by atoms with van der Waals surface area (Å²) in [5, 5.41) is 0. The van der Waals surface area contributed by atoms with E-state index in [1.165, 1.54) is 0 Å². The second kappa shape index (κ2) is 12.3. The Morgan fingerprint density at radius 3 is 1.11 bits per heavy atom. The molecular weight excluding hydrogens is 203 g/mol. The average Bonchev–Trinajstić information content (AvgIpc) is 0.722. The fraction of sp³-hybridized carbons (Fsp3) is 0. The Labute approximate surface area is 88.6 Å². The van der Waals surface area contributed by atoms with Crippen molar-refractivity contribution in [2.45, 2.75) is 0 Å². The zero-order valence-electron chi connectivity index (χ0n) is 5.72. The maximum atomic E-state index is 8.88. The second-order valence-corrected chi connectivity index (χ2v) is 1.54. The number of halogens is 2. The van der Waals surface area contributed by atoms with Gasteiger partial charge in [-0.2, -0.15) is 0 Å².